The SMILES string of the molecule is C=C1/C(=C/C=C2\CCC[C@]3(C)[C@@H]([C@H](C)/C=C/C(O)C(C)(C)C(=O)OCCCC)CC[C@@H]23)C[C@@H](O[Si](C)(C)C(C)(C)C)C[C@@H]1O[Si](C)(C)C(C)(C)C. The zero-order valence-electron chi connectivity index (χ0n) is 35.6. The van der Waals surface area contributed by atoms with Crippen LogP contribution in [0.25, 0.3) is 0 Å². The number of rotatable bonds is 13. The third-order valence-electron chi connectivity index (χ3n) is 14.0. The van der Waals surface area contributed by atoms with E-state index in [4.69, 9.17) is 13.6 Å². The first kappa shape index (κ1) is 44.1. The van der Waals surface area contributed by atoms with E-state index < -0.39 is 28.2 Å². The summed E-state index contributed by atoms with van der Waals surface area (Å²) < 4.78 is 19.6. The number of unbranched alkanes of at least 4 members (excludes halogenated alkanes) is 1. The minimum absolute atomic E-state index is 0.0160. The van der Waals surface area contributed by atoms with Gasteiger partial charge in [-0.1, -0.05) is 105 Å². The van der Waals surface area contributed by atoms with Gasteiger partial charge in [0.05, 0.1) is 30.3 Å². The van der Waals surface area contributed by atoms with E-state index >= 15 is 0 Å². The summed E-state index contributed by atoms with van der Waals surface area (Å²) in [6, 6.07) is 0. The molecular formula is C44H78O5Si2. The molecule has 0 aromatic carbocycles. The first-order valence-corrected chi connectivity index (χ1v) is 26.1. The monoisotopic (exact) mass is 743 g/mol. The van der Waals surface area contributed by atoms with Crippen molar-refractivity contribution in [1.29, 1.82) is 0 Å². The second-order valence-electron chi connectivity index (χ2n) is 20.3. The molecule has 3 rings (SSSR count). The van der Waals surface area contributed by atoms with Crippen molar-refractivity contribution in [2.45, 2.75) is 189 Å². The Kier molecular flexibility index (Phi) is 14.4. The molecule has 1 N–H and O–H groups in total. The van der Waals surface area contributed by atoms with Crippen LogP contribution < -0.4 is 0 Å². The second kappa shape index (κ2) is 16.6. The molecule has 5 nitrogen and oxygen atoms in total. The molecule has 0 saturated heterocycles. The second-order valence-corrected chi connectivity index (χ2v) is 29.8. The summed E-state index contributed by atoms with van der Waals surface area (Å²) >= 11 is 0. The lowest BCUT2D eigenvalue weighted by atomic mass is 9.61. The largest absolute Gasteiger partial charge is 0.465 e. The fourth-order valence-corrected chi connectivity index (χ4v) is 10.8. The summed E-state index contributed by atoms with van der Waals surface area (Å²) in [6.07, 6.45) is 17.6. The highest BCUT2D eigenvalue weighted by Gasteiger charge is 2.51. The number of aliphatic hydroxyl groups is 1. The van der Waals surface area contributed by atoms with Gasteiger partial charge < -0.3 is 18.7 Å². The van der Waals surface area contributed by atoms with E-state index in [1.807, 2.05) is 6.08 Å². The van der Waals surface area contributed by atoms with Crippen molar-refractivity contribution in [3.63, 3.8) is 0 Å². The number of hydrogen-bond donors (Lipinski definition) is 1. The van der Waals surface area contributed by atoms with Crippen LogP contribution in [0.4, 0.5) is 0 Å². The quantitative estimate of drug-likeness (QED) is 0.0881. The number of carbonyl (C=O) groups is 1. The van der Waals surface area contributed by atoms with Crippen LogP contribution in [0, 0.1) is 28.6 Å². The number of esters is 1. The molecule has 0 aromatic rings. The van der Waals surface area contributed by atoms with Crippen molar-refractivity contribution in [3.05, 3.63) is 47.6 Å². The predicted octanol–water partition coefficient (Wildman–Crippen LogP) is 12.1. The molecule has 0 amide bonds. The molecule has 0 radical (unpaired) electrons. The van der Waals surface area contributed by atoms with Gasteiger partial charge in [0.2, 0.25) is 0 Å². The topological polar surface area (TPSA) is 65.0 Å². The van der Waals surface area contributed by atoms with Crippen molar-refractivity contribution in [3.8, 4) is 0 Å². The third kappa shape index (κ3) is 10.3. The maximum Gasteiger partial charge on any atom is 0.314 e. The summed E-state index contributed by atoms with van der Waals surface area (Å²) in [4.78, 5) is 12.7. The Morgan fingerprint density at radius 3 is 2.18 bits per heavy atom. The Morgan fingerprint density at radius 1 is 0.980 bits per heavy atom. The van der Waals surface area contributed by atoms with Gasteiger partial charge in [-0.15, -0.1) is 0 Å². The number of ether oxygens (including phenoxy) is 1. The van der Waals surface area contributed by atoms with Gasteiger partial charge in [-0.3, -0.25) is 4.79 Å². The van der Waals surface area contributed by atoms with Crippen LogP contribution in [0.2, 0.25) is 36.3 Å². The number of fused-ring (bicyclic) bond motifs is 1. The zero-order chi connectivity index (χ0) is 38.8. The molecule has 0 bridgehead atoms. The Hall–Kier alpha value is -1.26. The molecule has 0 spiro atoms. The maximum atomic E-state index is 12.7. The van der Waals surface area contributed by atoms with Gasteiger partial charge in [-0.05, 0) is 129 Å². The van der Waals surface area contributed by atoms with Crippen molar-refractivity contribution >= 4 is 22.6 Å². The van der Waals surface area contributed by atoms with Crippen molar-refractivity contribution in [1.82, 2.24) is 0 Å². The normalized spacial score (nSPS) is 29.8. The summed E-state index contributed by atoms with van der Waals surface area (Å²) in [5.41, 5.74) is 3.24. The smallest absolute Gasteiger partial charge is 0.314 e. The number of allylic oxidation sites excluding steroid dienone is 4. The van der Waals surface area contributed by atoms with E-state index in [0.29, 0.717) is 24.4 Å². The van der Waals surface area contributed by atoms with Crippen LogP contribution >= 0.6 is 0 Å². The molecule has 7 atom stereocenters. The Labute approximate surface area is 316 Å². The van der Waals surface area contributed by atoms with Gasteiger partial charge >= 0.3 is 5.97 Å². The van der Waals surface area contributed by atoms with Gasteiger partial charge in [0.25, 0.3) is 0 Å². The summed E-state index contributed by atoms with van der Waals surface area (Å²) in [6.45, 7) is 38.9. The van der Waals surface area contributed by atoms with Crippen molar-refractivity contribution < 1.29 is 23.5 Å². The average Bonchev–Trinajstić information content (AvgIpc) is 3.36. The first-order valence-electron chi connectivity index (χ1n) is 20.3. The third-order valence-corrected chi connectivity index (χ3v) is 23.0. The highest BCUT2D eigenvalue weighted by atomic mass is 28.4. The fourth-order valence-electron chi connectivity index (χ4n) is 8.18. The minimum atomic E-state index is -2.02. The number of carbonyl (C=O) groups excluding carboxylic acids is 1. The summed E-state index contributed by atoms with van der Waals surface area (Å²) in [5, 5.41) is 11.3. The first-order chi connectivity index (χ1) is 23.3. The molecule has 0 heterocycles. The predicted molar refractivity (Wildman–Crippen MR) is 221 cm³/mol. The summed E-state index contributed by atoms with van der Waals surface area (Å²) in [7, 11) is -3.99. The van der Waals surface area contributed by atoms with Gasteiger partial charge in [-0.25, -0.2) is 0 Å². The van der Waals surface area contributed by atoms with Crippen molar-refractivity contribution in [2.75, 3.05) is 6.61 Å². The zero-order valence-corrected chi connectivity index (χ0v) is 37.6. The standard InChI is InChI=1S/C44H78O5Si2/c1-17-18-28-47-40(46)43(10,11)39(45)26-21-31(2)36-24-25-37-33(20-19-27-44(36,37)12)22-23-34-29-35(48-50(13,14)41(4,5)6)30-38(32(34)3)49-51(15,16)42(7,8)9/h21-23,26,31,35-39,45H,3,17-20,24-25,27-30H2,1-2,4-16H3/b26-21+,33-22+,34-23+/t31-,35-,36-,37+,38+,39?,44-/m1/s1. The number of hydrogen-bond acceptors (Lipinski definition) is 5. The van der Waals surface area contributed by atoms with Gasteiger partial charge in [0.15, 0.2) is 16.6 Å². The van der Waals surface area contributed by atoms with Crippen molar-refractivity contribution in [2.24, 2.45) is 28.6 Å². The van der Waals surface area contributed by atoms with E-state index in [0.717, 1.165) is 37.7 Å². The maximum absolute atomic E-state index is 12.7. The lowest BCUT2D eigenvalue weighted by molar-refractivity contribution is -0.158. The Balaban J connectivity index is 1.84. The molecule has 3 aliphatic rings. The fraction of sp³-hybridized carbons (Fsp3) is 0.795. The Bertz CT molecular complexity index is 1310. The average molecular weight is 743 g/mol. The molecule has 51 heavy (non-hydrogen) atoms. The van der Waals surface area contributed by atoms with E-state index in [-0.39, 0.29) is 33.7 Å². The molecule has 292 valence electrons. The Morgan fingerprint density at radius 2 is 1.59 bits per heavy atom. The summed E-state index contributed by atoms with van der Waals surface area (Å²) in [5.74, 6) is 1.05. The van der Waals surface area contributed by atoms with Crippen LogP contribution in [0.15, 0.2) is 47.6 Å². The molecule has 1 unspecified atom stereocenters. The highest BCUT2D eigenvalue weighted by molar-refractivity contribution is 6.74. The lowest BCUT2D eigenvalue weighted by Gasteiger charge is -2.45. The van der Waals surface area contributed by atoms with Crippen LogP contribution in [0.1, 0.15) is 134 Å². The van der Waals surface area contributed by atoms with E-state index in [9.17, 15) is 9.90 Å². The molecule has 0 aromatic heterocycles. The molecule has 0 aliphatic heterocycles. The van der Waals surface area contributed by atoms with E-state index in [1.165, 1.54) is 31.3 Å². The molecule has 7 heteroatoms. The van der Waals surface area contributed by atoms with Gasteiger partial charge in [-0.2, -0.15) is 0 Å². The lowest BCUT2D eigenvalue weighted by Crippen LogP contribution is -2.49. The van der Waals surface area contributed by atoms with Crippen LogP contribution in [-0.4, -0.2) is 52.6 Å². The molecule has 3 saturated carbocycles. The van der Waals surface area contributed by atoms with E-state index in [2.05, 4.69) is 113 Å². The highest BCUT2D eigenvalue weighted by Crippen LogP contribution is 2.59. The van der Waals surface area contributed by atoms with Crippen LogP contribution in [0.5, 0.6) is 0 Å². The minimum Gasteiger partial charge on any atom is -0.465 e. The molecule has 3 aliphatic carbocycles. The number of aliphatic hydroxyl groups excluding tert-OH is 1. The van der Waals surface area contributed by atoms with Crippen LogP contribution in [0.3, 0.4) is 0 Å². The molecular weight excluding hydrogens is 665 g/mol. The van der Waals surface area contributed by atoms with Crippen LogP contribution in [-0.2, 0) is 18.4 Å². The van der Waals surface area contributed by atoms with Gasteiger partial charge in [0, 0.05) is 6.42 Å². The van der Waals surface area contributed by atoms with Gasteiger partial charge in [0.1, 0.15) is 0 Å². The van der Waals surface area contributed by atoms with E-state index in [1.54, 1.807) is 19.4 Å². The molecule has 3 fully saturated rings.